The first kappa shape index (κ1) is 12.4. The maximum absolute atomic E-state index is 11.2. The molecule has 1 aromatic rings. The molecule has 0 atom stereocenters. The van der Waals surface area contributed by atoms with Crippen LogP contribution < -0.4 is 16.4 Å². The molecule has 4 N–H and O–H groups in total. The summed E-state index contributed by atoms with van der Waals surface area (Å²) < 4.78 is 0. The zero-order valence-electron chi connectivity index (χ0n) is 9.84. The second-order valence-electron chi connectivity index (χ2n) is 3.70. The first-order chi connectivity index (χ1) is 7.63. The lowest BCUT2D eigenvalue weighted by Crippen LogP contribution is -2.24. The monoisotopic (exact) mass is 221 g/mol. The highest BCUT2D eigenvalue weighted by Crippen LogP contribution is 2.17. The average molecular weight is 221 g/mol. The van der Waals surface area contributed by atoms with Gasteiger partial charge in [0, 0.05) is 30.9 Å². The molecule has 1 amide bonds. The van der Waals surface area contributed by atoms with Crippen LogP contribution in [0.25, 0.3) is 0 Å². The van der Waals surface area contributed by atoms with Crippen LogP contribution in [0.15, 0.2) is 18.2 Å². The Bertz CT molecular complexity index is 363. The van der Waals surface area contributed by atoms with E-state index >= 15 is 0 Å². The molecule has 0 aromatic heterocycles. The molecule has 0 aliphatic rings. The van der Waals surface area contributed by atoms with Crippen molar-refractivity contribution in [3.63, 3.8) is 0 Å². The molecule has 0 radical (unpaired) electrons. The molecular formula is C12H19N3O. The number of aryl methyl sites for hydroxylation is 1. The van der Waals surface area contributed by atoms with Crippen LogP contribution in [-0.4, -0.2) is 19.0 Å². The predicted octanol–water partition coefficient (Wildman–Crippen LogP) is 1.52. The summed E-state index contributed by atoms with van der Waals surface area (Å²) in [4.78, 5) is 11.2. The van der Waals surface area contributed by atoms with E-state index in [4.69, 9.17) is 5.73 Å². The van der Waals surface area contributed by atoms with E-state index in [2.05, 4.69) is 10.6 Å². The van der Waals surface area contributed by atoms with E-state index in [1.54, 1.807) is 0 Å². The number of rotatable bonds is 5. The smallest absolute Gasteiger partial charge is 0.221 e. The number of benzene rings is 1. The van der Waals surface area contributed by atoms with Crippen molar-refractivity contribution in [1.82, 2.24) is 5.32 Å². The molecule has 4 nitrogen and oxygen atoms in total. The number of nitrogens with one attached hydrogen (secondary N) is 2. The van der Waals surface area contributed by atoms with Crippen molar-refractivity contribution >= 4 is 17.3 Å². The Morgan fingerprint density at radius 2 is 2.19 bits per heavy atom. The van der Waals surface area contributed by atoms with Crippen LogP contribution in [-0.2, 0) is 4.79 Å². The van der Waals surface area contributed by atoms with Gasteiger partial charge >= 0.3 is 0 Å². The van der Waals surface area contributed by atoms with E-state index in [-0.39, 0.29) is 5.91 Å². The maximum Gasteiger partial charge on any atom is 0.221 e. The minimum atomic E-state index is 0.0663. The van der Waals surface area contributed by atoms with Crippen LogP contribution in [0.1, 0.15) is 18.9 Å². The van der Waals surface area contributed by atoms with Crippen molar-refractivity contribution in [2.75, 3.05) is 24.1 Å². The lowest BCUT2D eigenvalue weighted by Gasteiger charge is -2.10. The SMILES string of the molecule is CCNC(=O)CCNc1cc(N)ccc1C. The minimum Gasteiger partial charge on any atom is -0.399 e. The van der Waals surface area contributed by atoms with Gasteiger partial charge in [0.25, 0.3) is 0 Å². The van der Waals surface area contributed by atoms with E-state index < -0.39 is 0 Å². The van der Waals surface area contributed by atoms with Crippen molar-refractivity contribution in [2.24, 2.45) is 0 Å². The summed E-state index contributed by atoms with van der Waals surface area (Å²) in [7, 11) is 0. The summed E-state index contributed by atoms with van der Waals surface area (Å²) in [6.07, 6.45) is 0.474. The highest BCUT2D eigenvalue weighted by molar-refractivity contribution is 5.76. The number of amides is 1. The molecule has 0 saturated heterocycles. The average Bonchev–Trinajstić information content (AvgIpc) is 2.23. The zero-order chi connectivity index (χ0) is 12.0. The van der Waals surface area contributed by atoms with Crippen LogP contribution in [0, 0.1) is 6.92 Å². The molecule has 1 aromatic carbocycles. The molecular weight excluding hydrogens is 202 g/mol. The summed E-state index contributed by atoms with van der Waals surface area (Å²) in [5, 5.41) is 5.96. The Morgan fingerprint density at radius 1 is 1.44 bits per heavy atom. The summed E-state index contributed by atoms with van der Waals surface area (Å²) >= 11 is 0. The standard InChI is InChI=1S/C12H19N3O/c1-3-14-12(16)6-7-15-11-8-10(13)5-4-9(11)2/h4-5,8,15H,3,6-7,13H2,1-2H3,(H,14,16). The summed E-state index contributed by atoms with van der Waals surface area (Å²) in [6, 6.07) is 5.71. The Morgan fingerprint density at radius 3 is 2.88 bits per heavy atom. The summed E-state index contributed by atoms with van der Waals surface area (Å²) in [5.41, 5.74) is 8.54. The first-order valence-electron chi connectivity index (χ1n) is 5.50. The quantitative estimate of drug-likeness (QED) is 0.660. The van der Waals surface area contributed by atoms with Gasteiger partial charge in [-0.1, -0.05) is 6.07 Å². The topological polar surface area (TPSA) is 67.2 Å². The second-order valence-corrected chi connectivity index (χ2v) is 3.70. The van der Waals surface area contributed by atoms with Gasteiger partial charge in [-0.2, -0.15) is 0 Å². The van der Waals surface area contributed by atoms with E-state index in [0.717, 1.165) is 16.9 Å². The number of nitrogen functional groups attached to an aromatic ring is 1. The molecule has 0 aliphatic carbocycles. The third-order valence-electron chi connectivity index (χ3n) is 2.30. The molecule has 88 valence electrons. The van der Waals surface area contributed by atoms with Crippen LogP contribution in [0.3, 0.4) is 0 Å². The molecule has 0 fully saturated rings. The van der Waals surface area contributed by atoms with Crippen LogP contribution in [0.2, 0.25) is 0 Å². The molecule has 0 unspecified atom stereocenters. The predicted molar refractivity (Wildman–Crippen MR) is 67.4 cm³/mol. The third-order valence-corrected chi connectivity index (χ3v) is 2.30. The number of anilines is 2. The number of carbonyl (C=O) groups is 1. The fourth-order valence-electron chi connectivity index (χ4n) is 1.43. The Kier molecular flexibility index (Phi) is 4.64. The summed E-state index contributed by atoms with van der Waals surface area (Å²) in [6.45, 7) is 5.22. The van der Waals surface area contributed by atoms with E-state index in [1.807, 2.05) is 32.0 Å². The fraction of sp³-hybridized carbons (Fsp3) is 0.417. The Balaban J connectivity index is 2.42. The highest BCUT2D eigenvalue weighted by Gasteiger charge is 2.01. The lowest BCUT2D eigenvalue weighted by atomic mass is 10.2. The number of carbonyl (C=O) groups excluding carboxylic acids is 1. The largest absolute Gasteiger partial charge is 0.399 e. The molecule has 0 aliphatic heterocycles. The van der Waals surface area contributed by atoms with Crippen LogP contribution >= 0.6 is 0 Å². The van der Waals surface area contributed by atoms with Crippen LogP contribution in [0.4, 0.5) is 11.4 Å². The Hall–Kier alpha value is -1.71. The maximum atomic E-state index is 11.2. The molecule has 0 heterocycles. The van der Waals surface area contributed by atoms with Crippen molar-refractivity contribution in [2.45, 2.75) is 20.3 Å². The van der Waals surface area contributed by atoms with Gasteiger partial charge in [0.15, 0.2) is 0 Å². The van der Waals surface area contributed by atoms with E-state index in [9.17, 15) is 4.79 Å². The third kappa shape index (κ3) is 3.81. The molecule has 0 saturated carbocycles. The number of hydrogen-bond donors (Lipinski definition) is 3. The molecule has 0 bridgehead atoms. The molecule has 16 heavy (non-hydrogen) atoms. The minimum absolute atomic E-state index is 0.0663. The van der Waals surface area contributed by atoms with Crippen LogP contribution in [0.5, 0.6) is 0 Å². The first-order valence-corrected chi connectivity index (χ1v) is 5.50. The molecule has 1 rings (SSSR count). The van der Waals surface area contributed by atoms with Gasteiger partial charge < -0.3 is 16.4 Å². The van der Waals surface area contributed by atoms with Gasteiger partial charge in [0.05, 0.1) is 0 Å². The van der Waals surface area contributed by atoms with Gasteiger partial charge in [-0.05, 0) is 31.5 Å². The molecule has 0 spiro atoms. The normalized spacial score (nSPS) is 9.88. The number of hydrogen-bond acceptors (Lipinski definition) is 3. The van der Waals surface area contributed by atoms with Gasteiger partial charge in [0.1, 0.15) is 0 Å². The van der Waals surface area contributed by atoms with Crippen molar-refractivity contribution in [1.29, 1.82) is 0 Å². The lowest BCUT2D eigenvalue weighted by molar-refractivity contribution is -0.120. The Labute approximate surface area is 96.2 Å². The second kappa shape index (κ2) is 6.00. The fourth-order valence-corrected chi connectivity index (χ4v) is 1.43. The van der Waals surface area contributed by atoms with E-state index in [0.29, 0.717) is 19.5 Å². The van der Waals surface area contributed by atoms with Gasteiger partial charge in [-0.15, -0.1) is 0 Å². The van der Waals surface area contributed by atoms with Gasteiger partial charge in [0.2, 0.25) is 5.91 Å². The zero-order valence-corrected chi connectivity index (χ0v) is 9.84. The van der Waals surface area contributed by atoms with Crippen molar-refractivity contribution in [3.05, 3.63) is 23.8 Å². The van der Waals surface area contributed by atoms with E-state index in [1.165, 1.54) is 0 Å². The number of nitrogens with two attached hydrogens (primary N) is 1. The highest BCUT2D eigenvalue weighted by atomic mass is 16.1. The summed E-state index contributed by atoms with van der Waals surface area (Å²) in [5.74, 6) is 0.0663. The van der Waals surface area contributed by atoms with Gasteiger partial charge in [-0.3, -0.25) is 4.79 Å². The van der Waals surface area contributed by atoms with Crippen molar-refractivity contribution in [3.8, 4) is 0 Å². The van der Waals surface area contributed by atoms with Gasteiger partial charge in [-0.25, -0.2) is 0 Å². The molecule has 4 heteroatoms. The van der Waals surface area contributed by atoms with Crippen molar-refractivity contribution < 1.29 is 4.79 Å².